The lowest BCUT2D eigenvalue weighted by Gasteiger charge is -2.16. The summed E-state index contributed by atoms with van der Waals surface area (Å²) in [4.78, 5) is 29.9. The van der Waals surface area contributed by atoms with Crippen molar-refractivity contribution < 1.29 is 19.2 Å². The molecule has 3 atom stereocenters. The van der Waals surface area contributed by atoms with Crippen molar-refractivity contribution >= 4 is 17.8 Å². The lowest BCUT2D eigenvalue weighted by atomic mass is 10.1. The number of anilines is 1. The van der Waals surface area contributed by atoms with Gasteiger partial charge < -0.3 is 25.6 Å². The molecule has 2 amide bonds. The van der Waals surface area contributed by atoms with Gasteiger partial charge in [0.25, 0.3) is 11.8 Å². The monoisotopic (exact) mass is 339 g/mol. The van der Waals surface area contributed by atoms with E-state index in [0.29, 0.717) is 18.9 Å². The van der Waals surface area contributed by atoms with Crippen LogP contribution in [0.4, 0.5) is 5.95 Å². The van der Waals surface area contributed by atoms with Gasteiger partial charge in [-0.2, -0.15) is 4.98 Å². The molecule has 0 aromatic carbocycles. The van der Waals surface area contributed by atoms with E-state index in [9.17, 15) is 9.59 Å². The van der Waals surface area contributed by atoms with E-state index in [2.05, 4.69) is 20.8 Å². The van der Waals surface area contributed by atoms with Crippen LogP contribution >= 0.6 is 0 Å². The SMILES string of the molecule is NC(=O)C[C@H](NC(=O)[C@@H]1C[C@H]([OH2+])CN1)c1nc(N2CCCC2)no1. The summed E-state index contributed by atoms with van der Waals surface area (Å²) in [6.45, 7) is 2.20. The second-order valence-electron chi connectivity index (χ2n) is 6.25. The number of nitrogens with zero attached hydrogens (tertiary/aromatic N) is 3. The lowest BCUT2D eigenvalue weighted by molar-refractivity contribution is -0.124. The first-order valence-electron chi connectivity index (χ1n) is 8.14. The predicted molar refractivity (Wildman–Crippen MR) is 84.2 cm³/mol. The van der Waals surface area contributed by atoms with Crippen LogP contribution in [-0.4, -0.2) is 58.8 Å². The van der Waals surface area contributed by atoms with Crippen molar-refractivity contribution in [3.8, 4) is 0 Å². The minimum absolute atomic E-state index is 0.121. The first-order valence-corrected chi connectivity index (χ1v) is 8.14. The van der Waals surface area contributed by atoms with Gasteiger partial charge >= 0.3 is 0 Å². The fourth-order valence-electron chi connectivity index (χ4n) is 3.02. The quantitative estimate of drug-likeness (QED) is 0.515. The van der Waals surface area contributed by atoms with Crippen molar-refractivity contribution in [3.05, 3.63) is 5.89 Å². The summed E-state index contributed by atoms with van der Waals surface area (Å²) >= 11 is 0. The van der Waals surface area contributed by atoms with E-state index in [1.807, 2.05) is 4.90 Å². The van der Waals surface area contributed by atoms with Gasteiger partial charge in [-0.05, 0) is 18.0 Å². The Hall–Kier alpha value is -2.20. The normalized spacial score (nSPS) is 25.0. The summed E-state index contributed by atoms with van der Waals surface area (Å²) in [5.41, 5.74) is 5.27. The maximum absolute atomic E-state index is 12.3. The Morgan fingerprint density at radius 1 is 1.46 bits per heavy atom. The smallest absolute Gasteiger partial charge is 0.266 e. The molecule has 2 aliphatic rings. The van der Waals surface area contributed by atoms with Crippen LogP contribution in [-0.2, 0) is 9.59 Å². The van der Waals surface area contributed by atoms with Crippen LogP contribution in [0.15, 0.2) is 4.52 Å². The molecule has 10 nitrogen and oxygen atoms in total. The predicted octanol–water partition coefficient (Wildman–Crippen LogP) is -1.84. The number of hydrogen-bond acceptors (Lipinski definition) is 7. The average molecular weight is 339 g/mol. The van der Waals surface area contributed by atoms with Crippen LogP contribution in [0.5, 0.6) is 0 Å². The summed E-state index contributed by atoms with van der Waals surface area (Å²) in [6, 6.07) is -1.21. The minimum Gasteiger partial charge on any atom is -0.442 e. The van der Waals surface area contributed by atoms with Crippen LogP contribution < -0.4 is 21.3 Å². The molecule has 1 aromatic heterocycles. The van der Waals surface area contributed by atoms with Gasteiger partial charge in [0.2, 0.25) is 11.8 Å². The molecule has 2 fully saturated rings. The van der Waals surface area contributed by atoms with Gasteiger partial charge in [-0.15, -0.1) is 0 Å². The highest BCUT2D eigenvalue weighted by Gasteiger charge is 2.33. The molecule has 1 aromatic rings. The molecule has 0 saturated carbocycles. The molecule has 0 radical (unpaired) electrons. The highest BCUT2D eigenvalue weighted by Crippen LogP contribution is 2.21. The second kappa shape index (κ2) is 7.14. The molecule has 24 heavy (non-hydrogen) atoms. The number of carbonyl (C=O) groups is 2. The Bertz CT molecular complexity index is 600. The molecular weight excluding hydrogens is 316 g/mol. The number of nitrogens with one attached hydrogen (secondary N) is 2. The molecule has 10 heteroatoms. The van der Waals surface area contributed by atoms with Crippen molar-refractivity contribution in [2.45, 2.75) is 43.9 Å². The maximum atomic E-state index is 12.3. The summed E-state index contributed by atoms with van der Waals surface area (Å²) in [5, 5.41) is 17.3. The van der Waals surface area contributed by atoms with Gasteiger partial charge in [0.05, 0.1) is 19.0 Å². The number of nitrogens with two attached hydrogens (primary N) is 1. The molecule has 0 bridgehead atoms. The number of amides is 2. The second-order valence-corrected chi connectivity index (χ2v) is 6.25. The Kier molecular flexibility index (Phi) is 4.95. The summed E-state index contributed by atoms with van der Waals surface area (Å²) in [7, 11) is 0. The highest BCUT2D eigenvalue weighted by atomic mass is 16.5. The molecule has 6 N–H and O–H groups in total. The van der Waals surface area contributed by atoms with Gasteiger partial charge in [-0.1, -0.05) is 0 Å². The largest absolute Gasteiger partial charge is 0.442 e. The topological polar surface area (TPSA) is 149 Å². The third-order valence-electron chi connectivity index (χ3n) is 4.29. The number of carbonyl (C=O) groups excluding carboxylic acids is 2. The summed E-state index contributed by atoms with van der Waals surface area (Å²) in [6.07, 6.45) is 2.16. The van der Waals surface area contributed by atoms with Gasteiger partial charge in [-0.3, -0.25) is 14.9 Å². The van der Waals surface area contributed by atoms with Crippen LogP contribution in [0.2, 0.25) is 0 Å². The van der Waals surface area contributed by atoms with Gasteiger partial charge in [0.15, 0.2) is 6.10 Å². The third kappa shape index (κ3) is 3.82. The van der Waals surface area contributed by atoms with E-state index in [4.69, 9.17) is 15.4 Å². The first kappa shape index (κ1) is 16.7. The van der Waals surface area contributed by atoms with Crippen molar-refractivity contribution in [1.82, 2.24) is 20.8 Å². The standard InChI is InChI=1S/C14H22N6O4/c15-11(22)6-10(17-12(23)9-5-8(21)7-16-9)13-18-14(19-24-13)20-3-1-2-4-20/h8-10,16,21H,1-7H2,(H2,15,22)(H,17,23)/p+1/t8-,9-,10-/m0/s1. The lowest BCUT2D eigenvalue weighted by Crippen LogP contribution is -2.43. The van der Waals surface area contributed by atoms with E-state index in [1.165, 1.54) is 0 Å². The van der Waals surface area contributed by atoms with Crippen LogP contribution in [0.25, 0.3) is 0 Å². The van der Waals surface area contributed by atoms with Gasteiger partial charge in [0.1, 0.15) is 6.04 Å². The van der Waals surface area contributed by atoms with Crippen LogP contribution in [0, 0.1) is 0 Å². The zero-order valence-electron chi connectivity index (χ0n) is 13.3. The molecule has 3 heterocycles. The number of rotatable bonds is 6. The highest BCUT2D eigenvalue weighted by molar-refractivity contribution is 5.83. The van der Waals surface area contributed by atoms with Crippen LogP contribution in [0.1, 0.15) is 37.6 Å². The van der Waals surface area contributed by atoms with Crippen molar-refractivity contribution in [3.63, 3.8) is 0 Å². The zero-order chi connectivity index (χ0) is 17.1. The number of primary amides is 1. The maximum Gasteiger partial charge on any atom is 0.266 e. The summed E-state index contributed by atoms with van der Waals surface area (Å²) < 4.78 is 5.24. The van der Waals surface area contributed by atoms with Gasteiger partial charge in [0, 0.05) is 19.5 Å². The molecule has 0 unspecified atom stereocenters. The van der Waals surface area contributed by atoms with Gasteiger partial charge in [-0.25, -0.2) is 0 Å². The van der Waals surface area contributed by atoms with E-state index in [-0.39, 0.29) is 24.3 Å². The molecule has 132 valence electrons. The Morgan fingerprint density at radius 3 is 2.83 bits per heavy atom. The molecule has 2 saturated heterocycles. The van der Waals surface area contributed by atoms with E-state index in [1.54, 1.807) is 0 Å². The van der Waals surface area contributed by atoms with Crippen molar-refractivity contribution in [2.75, 3.05) is 24.5 Å². The minimum atomic E-state index is -0.759. The first-order chi connectivity index (χ1) is 11.5. The van der Waals surface area contributed by atoms with E-state index < -0.39 is 18.0 Å². The average Bonchev–Trinajstić information content (AvgIpc) is 3.26. The number of hydrogen-bond donors (Lipinski definition) is 3. The Morgan fingerprint density at radius 2 is 2.21 bits per heavy atom. The van der Waals surface area contributed by atoms with Crippen molar-refractivity contribution in [2.24, 2.45) is 5.73 Å². The van der Waals surface area contributed by atoms with Crippen LogP contribution in [0.3, 0.4) is 0 Å². The Balaban J connectivity index is 1.69. The Labute approximate surface area is 138 Å². The number of aromatic nitrogens is 2. The van der Waals surface area contributed by atoms with E-state index >= 15 is 0 Å². The summed E-state index contributed by atoms with van der Waals surface area (Å²) in [5.74, 6) is -0.225. The molecule has 3 rings (SSSR count). The van der Waals surface area contributed by atoms with Crippen molar-refractivity contribution in [1.29, 1.82) is 0 Å². The molecule has 0 spiro atoms. The molecular formula is C14H23N6O4+. The molecule has 0 aliphatic carbocycles. The molecule has 2 aliphatic heterocycles. The van der Waals surface area contributed by atoms with E-state index in [0.717, 1.165) is 25.9 Å². The zero-order valence-corrected chi connectivity index (χ0v) is 13.3. The third-order valence-corrected chi connectivity index (χ3v) is 4.29. The fraction of sp³-hybridized carbons (Fsp3) is 0.714. The fourth-order valence-corrected chi connectivity index (χ4v) is 3.02.